The normalized spacial score (nSPS) is 30.9. The van der Waals surface area contributed by atoms with Crippen molar-refractivity contribution >= 4 is 12.1 Å². The number of carbonyl (C=O) groups is 2. The number of carboxylic acids is 1. The minimum Gasteiger partial charge on any atom is -0.481 e. The molecule has 1 saturated carbocycles. The topological polar surface area (TPSA) is 66.8 Å². The minimum atomic E-state index is -0.710. The molecular weight excluding hydrogens is 246 g/mol. The Morgan fingerprint density at radius 3 is 2.16 bits per heavy atom. The van der Waals surface area contributed by atoms with Crippen LogP contribution < -0.4 is 0 Å². The summed E-state index contributed by atoms with van der Waals surface area (Å²) in [5, 5.41) is 9.02. The lowest BCUT2D eigenvalue weighted by atomic mass is 9.69. The van der Waals surface area contributed by atoms with Gasteiger partial charge in [0.05, 0.1) is 5.92 Å². The Bertz CT molecular complexity index is 377. The Balaban J connectivity index is 1.95. The predicted octanol–water partition coefficient (Wildman–Crippen LogP) is 2.64. The molecule has 2 rings (SSSR count). The van der Waals surface area contributed by atoms with Crippen molar-refractivity contribution in [3.63, 3.8) is 0 Å². The lowest BCUT2D eigenvalue weighted by molar-refractivity contribution is -0.145. The molecule has 5 heteroatoms. The zero-order valence-corrected chi connectivity index (χ0v) is 11.9. The van der Waals surface area contributed by atoms with E-state index in [1.807, 2.05) is 20.8 Å². The van der Waals surface area contributed by atoms with Gasteiger partial charge in [0.1, 0.15) is 5.60 Å². The number of ether oxygens (including phenoxy) is 1. The quantitative estimate of drug-likeness (QED) is 0.794. The second-order valence-corrected chi connectivity index (χ2v) is 6.72. The molecule has 1 amide bonds. The van der Waals surface area contributed by atoms with E-state index in [0.717, 1.165) is 25.8 Å². The molecule has 5 nitrogen and oxygen atoms in total. The van der Waals surface area contributed by atoms with E-state index in [0.29, 0.717) is 12.8 Å². The third-order valence-corrected chi connectivity index (χ3v) is 4.25. The lowest BCUT2D eigenvalue weighted by Crippen LogP contribution is -2.64. The van der Waals surface area contributed by atoms with Crippen molar-refractivity contribution in [3.05, 3.63) is 0 Å². The summed E-state index contributed by atoms with van der Waals surface area (Å²) in [5.41, 5.74) is -0.611. The van der Waals surface area contributed by atoms with E-state index in [-0.39, 0.29) is 17.6 Å². The highest BCUT2D eigenvalue weighted by Crippen LogP contribution is 2.45. The van der Waals surface area contributed by atoms with Crippen molar-refractivity contribution in [1.29, 1.82) is 0 Å². The molecule has 0 bridgehead atoms. The van der Waals surface area contributed by atoms with E-state index in [4.69, 9.17) is 9.84 Å². The van der Waals surface area contributed by atoms with Crippen LogP contribution in [-0.4, -0.2) is 39.8 Å². The van der Waals surface area contributed by atoms with Gasteiger partial charge in [-0.05, 0) is 52.9 Å². The van der Waals surface area contributed by atoms with Crippen molar-refractivity contribution in [3.8, 4) is 0 Å². The van der Waals surface area contributed by atoms with Crippen LogP contribution in [0.25, 0.3) is 0 Å². The van der Waals surface area contributed by atoms with E-state index in [1.54, 1.807) is 4.90 Å². The maximum Gasteiger partial charge on any atom is 0.410 e. The molecule has 0 atom stereocenters. The van der Waals surface area contributed by atoms with Crippen LogP contribution in [-0.2, 0) is 9.53 Å². The Morgan fingerprint density at radius 2 is 1.79 bits per heavy atom. The highest BCUT2D eigenvalue weighted by Gasteiger charge is 2.51. The van der Waals surface area contributed by atoms with Gasteiger partial charge < -0.3 is 14.7 Å². The molecule has 0 unspecified atom stereocenters. The van der Waals surface area contributed by atoms with E-state index in [9.17, 15) is 9.59 Å². The first-order valence-corrected chi connectivity index (χ1v) is 6.97. The third kappa shape index (κ3) is 2.85. The number of aliphatic carboxylic acids is 1. The monoisotopic (exact) mass is 269 g/mol. The smallest absolute Gasteiger partial charge is 0.410 e. The highest BCUT2D eigenvalue weighted by atomic mass is 16.6. The van der Waals surface area contributed by atoms with Crippen LogP contribution in [0.5, 0.6) is 0 Å². The van der Waals surface area contributed by atoms with Crippen molar-refractivity contribution < 1.29 is 19.4 Å². The molecule has 1 heterocycles. The summed E-state index contributed by atoms with van der Waals surface area (Å²) < 4.78 is 5.41. The van der Waals surface area contributed by atoms with E-state index < -0.39 is 11.6 Å². The summed E-state index contributed by atoms with van der Waals surface area (Å²) in [6, 6.07) is 0. The van der Waals surface area contributed by atoms with Gasteiger partial charge in [-0.15, -0.1) is 0 Å². The number of carbonyl (C=O) groups excluding carboxylic acids is 1. The molecule has 19 heavy (non-hydrogen) atoms. The first-order valence-electron chi connectivity index (χ1n) is 6.97. The van der Waals surface area contributed by atoms with Crippen LogP contribution in [0.15, 0.2) is 0 Å². The Hall–Kier alpha value is -1.26. The maximum absolute atomic E-state index is 12.1. The predicted molar refractivity (Wildman–Crippen MR) is 69.9 cm³/mol. The SMILES string of the molecule is CC(C)(C)OC(=O)N1CCC12CCC(C(=O)O)CC2. The van der Waals surface area contributed by atoms with Crippen LogP contribution in [0.2, 0.25) is 0 Å². The highest BCUT2D eigenvalue weighted by molar-refractivity contribution is 5.72. The molecule has 1 aliphatic carbocycles. The average molecular weight is 269 g/mol. The first kappa shape index (κ1) is 14.2. The summed E-state index contributed by atoms with van der Waals surface area (Å²) in [6.45, 7) is 6.31. The van der Waals surface area contributed by atoms with Crippen LogP contribution in [0.4, 0.5) is 4.79 Å². The van der Waals surface area contributed by atoms with Crippen molar-refractivity contribution in [2.24, 2.45) is 5.92 Å². The molecular formula is C14H23NO4. The fourth-order valence-corrected chi connectivity index (χ4v) is 3.06. The number of hydrogen-bond acceptors (Lipinski definition) is 3. The Labute approximate surface area is 113 Å². The molecule has 0 aromatic carbocycles. The zero-order chi connectivity index (χ0) is 14.3. The second kappa shape index (κ2) is 4.69. The fourth-order valence-electron chi connectivity index (χ4n) is 3.06. The summed E-state index contributed by atoms with van der Waals surface area (Å²) in [4.78, 5) is 24.9. The number of hydrogen-bond donors (Lipinski definition) is 1. The molecule has 0 radical (unpaired) electrons. The molecule has 2 aliphatic rings. The van der Waals surface area contributed by atoms with E-state index in [2.05, 4.69) is 0 Å². The van der Waals surface area contributed by atoms with Gasteiger partial charge in [-0.1, -0.05) is 0 Å². The van der Waals surface area contributed by atoms with Gasteiger partial charge in [0.2, 0.25) is 0 Å². The summed E-state index contributed by atoms with van der Waals surface area (Å²) in [6.07, 6.45) is 3.60. The van der Waals surface area contributed by atoms with Gasteiger partial charge >= 0.3 is 12.1 Å². The van der Waals surface area contributed by atoms with Gasteiger partial charge in [0.25, 0.3) is 0 Å². The largest absolute Gasteiger partial charge is 0.481 e. The number of nitrogens with zero attached hydrogens (tertiary/aromatic N) is 1. The van der Waals surface area contributed by atoms with Gasteiger partial charge in [-0.25, -0.2) is 4.79 Å². The molecule has 2 fully saturated rings. The van der Waals surface area contributed by atoms with E-state index >= 15 is 0 Å². The van der Waals surface area contributed by atoms with Gasteiger partial charge in [0, 0.05) is 12.1 Å². The molecule has 108 valence electrons. The summed E-state index contributed by atoms with van der Waals surface area (Å²) >= 11 is 0. The maximum atomic E-state index is 12.1. The standard InChI is InChI=1S/C14H23NO4/c1-13(2,3)19-12(18)15-9-8-14(15)6-4-10(5-7-14)11(16)17/h10H,4-9H2,1-3H3,(H,16,17). The third-order valence-electron chi connectivity index (χ3n) is 4.25. The van der Waals surface area contributed by atoms with Crippen LogP contribution in [0.1, 0.15) is 52.9 Å². The van der Waals surface area contributed by atoms with Crippen molar-refractivity contribution in [2.75, 3.05) is 6.54 Å². The minimum absolute atomic E-state index is 0.131. The fraction of sp³-hybridized carbons (Fsp3) is 0.857. The molecule has 1 spiro atoms. The zero-order valence-electron chi connectivity index (χ0n) is 11.9. The summed E-state index contributed by atoms with van der Waals surface area (Å²) in [7, 11) is 0. The molecule has 1 saturated heterocycles. The summed E-state index contributed by atoms with van der Waals surface area (Å²) in [5.74, 6) is -0.954. The molecule has 0 aromatic heterocycles. The van der Waals surface area contributed by atoms with Crippen LogP contribution >= 0.6 is 0 Å². The Morgan fingerprint density at radius 1 is 1.21 bits per heavy atom. The molecule has 1 N–H and O–H groups in total. The van der Waals surface area contributed by atoms with Crippen LogP contribution in [0.3, 0.4) is 0 Å². The lowest BCUT2D eigenvalue weighted by Gasteiger charge is -2.55. The number of carboxylic acid groups (broad SMARTS) is 1. The van der Waals surface area contributed by atoms with E-state index in [1.165, 1.54) is 0 Å². The number of rotatable bonds is 1. The first-order chi connectivity index (χ1) is 8.73. The Kier molecular flexibility index (Phi) is 3.49. The van der Waals surface area contributed by atoms with Crippen LogP contribution in [0, 0.1) is 5.92 Å². The average Bonchev–Trinajstić information content (AvgIpc) is 2.25. The van der Waals surface area contributed by atoms with Gasteiger partial charge in [-0.2, -0.15) is 0 Å². The molecule has 0 aromatic rings. The number of likely N-dealkylation sites (tertiary alicyclic amines) is 1. The molecule has 1 aliphatic heterocycles. The van der Waals surface area contributed by atoms with Gasteiger partial charge in [-0.3, -0.25) is 4.79 Å². The van der Waals surface area contributed by atoms with Gasteiger partial charge in [0.15, 0.2) is 0 Å². The van der Waals surface area contributed by atoms with Crippen molar-refractivity contribution in [2.45, 2.75) is 64.0 Å². The number of amides is 1. The van der Waals surface area contributed by atoms with Crippen molar-refractivity contribution in [1.82, 2.24) is 4.90 Å². The second-order valence-electron chi connectivity index (χ2n) is 6.72.